The maximum Gasteiger partial charge on any atom is 0.0646 e. The minimum atomic E-state index is -0.109. The van der Waals surface area contributed by atoms with Crippen molar-refractivity contribution in [3.05, 3.63) is 199 Å². The lowest BCUT2D eigenvalue weighted by atomic mass is 9.82. The molecule has 1 aliphatic rings. The van der Waals surface area contributed by atoms with Gasteiger partial charge in [-0.1, -0.05) is 159 Å². The zero-order valence-electron chi connectivity index (χ0n) is 29.8. The minimum Gasteiger partial charge on any atom is -0.309 e. The lowest BCUT2D eigenvalue weighted by Gasteiger charge is -2.29. The summed E-state index contributed by atoms with van der Waals surface area (Å²) in [6, 6.07) is 69.1. The molecule has 0 fully saturated rings. The Labute approximate surface area is 315 Å². The lowest BCUT2D eigenvalue weighted by Crippen LogP contribution is -2.16. The van der Waals surface area contributed by atoms with Crippen molar-refractivity contribution in [2.45, 2.75) is 19.3 Å². The Kier molecular flexibility index (Phi) is 7.42. The maximum absolute atomic E-state index is 2.49. The third kappa shape index (κ3) is 5.29. The van der Waals surface area contributed by atoms with E-state index in [0.717, 1.165) is 11.4 Å². The van der Waals surface area contributed by atoms with Crippen LogP contribution in [0.15, 0.2) is 188 Å². The van der Waals surface area contributed by atoms with Crippen LogP contribution in [-0.4, -0.2) is 0 Å². The molecule has 0 radical (unpaired) electrons. The first-order chi connectivity index (χ1) is 26.0. The highest BCUT2D eigenvalue weighted by molar-refractivity contribution is 7.26. The van der Waals surface area contributed by atoms with Crippen LogP contribution in [0.25, 0.3) is 64.7 Å². The highest BCUT2D eigenvalue weighted by Gasteiger charge is 2.36. The van der Waals surface area contributed by atoms with Gasteiger partial charge in [-0.3, -0.25) is 0 Å². The van der Waals surface area contributed by atoms with Crippen molar-refractivity contribution in [1.82, 2.24) is 0 Å². The Hall–Kier alpha value is -6.22. The van der Waals surface area contributed by atoms with E-state index < -0.39 is 0 Å². The number of thiophene rings is 1. The zero-order valence-corrected chi connectivity index (χ0v) is 30.6. The van der Waals surface area contributed by atoms with Crippen LogP contribution in [0.3, 0.4) is 0 Å². The molecule has 0 unspecified atom stereocenters. The highest BCUT2D eigenvalue weighted by atomic mass is 32.1. The van der Waals surface area contributed by atoms with Gasteiger partial charge in [0.15, 0.2) is 0 Å². The van der Waals surface area contributed by atoms with Gasteiger partial charge in [-0.05, 0) is 98.1 Å². The minimum absolute atomic E-state index is 0.109. The van der Waals surface area contributed by atoms with Crippen LogP contribution in [0.2, 0.25) is 0 Å². The van der Waals surface area contributed by atoms with Crippen LogP contribution in [-0.2, 0) is 5.41 Å². The molecular weight excluding hydrogens is 659 g/mol. The van der Waals surface area contributed by atoms with Gasteiger partial charge < -0.3 is 4.90 Å². The Morgan fingerprint density at radius 2 is 0.925 bits per heavy atom. The molecule has 0 aliphatic heterocycles. The number of hydrogen-bond acceptors (Lipinski definition) is 2. The van der Waals surface area contributed by atoms with Crippen molar-refractivity contribution in [1.29, 1.82) is 0 Å². The van der Waals surface area contributed by atoms with Gasteiger partial charge in [0.2, 0.25) is 0 Å². The van der Waals surface area contributed by atoms with Crippen LogP contribution in [0.1, 0.15) is 25.0 Å². The fourth-order valence-corrected chi connectivity index (χ4v) is 9.51. The highest BCUT2D eigenvalue weighted by Crippen LogP contribution is 2.52. The van der Waals surface area contributed by atoms with E-state index in [1.807, 2.05) is 11.3 Å². The second kappa shape index (κ2) is 12.5. The molecule has 0 saturated heterocycles. The van der Waals surface area contributed by atoms with Crippen molar-refractivity contribution in [2.24, 2.45) is 0 Å². The zero-order chi connectivity index (χ0) is 35.5. The van der Waals surface area contributed by atoms with Gasteiger partial charge in [-0.25, -0.2) is 0 Å². The summed E-state index contributed by atoms with van der Waals surface area (Å²) in [5.74, 6) is 0. The van der Waals surface area contributed by atoms with E-state index in [1.165, 1.54) is 81.5 Å². The normalized spacial score (nSPS) is 12.9. The molecule has 1 aromatic heterocycles. The molecule has 1 aliphatic carbocycles. The summed E-state index contributed by atoms with van der Waals surface area (Å²) in [6.45, 7) is 4.73. The van der Waals surface area contributed by atoms with E-state index in [4.69, 9.17) is 0 Å². The first kappa shape index (κ1) is 31.5. The van der Waals surface area contributed by atoms with Crippen molar-refractivity contribution in [3.63, 3.8) is 0 Å². The Morgan fingerprint density at radius 3 is 1.62 bits per heavy atom. The maximum atomic E-state index is 2.49. The molecule has 1 heterocycles. The molecule has 0 spiro atoms. The average molecular weight is 696 g/mol. The number of fused-ring (bicyclic) bond motifs is 6. The topological polar surface area (TPSA) is 3.24 Å². The third-order valence-electron chi connectivity index (χ3n) is 11.1. The Bertz CT molecular complexity index is 2780. The van der Waals surface area contributed by atoms with Gasteiger partial charge in [0.1, 0.15) is 0 Å². The summed E-state index contributed by atoms with van der Waals surface area (Å²) < 4.78 is 2.59. The summed E-state index contributed by atoms with van der Waals surface area (Å²) in [4.78, 5) is 2.49. The number of rotatable bonds is 6. The molecule has 252 valence electrons. The second-order valence-corrected chi connectivity index (χ2v) is 15.6. The number of nitrogens with zero attached hydrogens (tertiary/aromatic N) is 1. The largest absolute Gasteiger partial charge is 0.309 e. The molecule has 0 bridgehead atoms. The number of anilines is 3. The van der Waals surface area contributed by atoms with Crippen LogP contribution >= 0.6 is 11.3 Å². The van der Waals surface area contributed by atoms with E-state index in [0.29, 0.717) is 0 Å². The van der Waals surface area contributed by atoms with Crippen LogP contribution < -0.4 is 4.90 Å². The summed E-state index contributed by atoms with van der Waals surface area (Å²) >= 11 is 1.88. The number of benzene rings is 8. The van der Waals surface area contributed by atoms with Crippen molar-refractivity contribution in [2.75, 3.05) is 4.90 Å². The average Bonchev–Trinajstić information content (AvgIpc) is 3.71. The van der Waals surface area contributed by atoms with E-state index in [9.17, 15) is 0 Å². The third-order valence-corrected chi connectivity index (χ3v) is 12.3. The Balaban J connectivity index is 1.16. The van der Waals surface area contributed by atoms with Crippen molar-refractivity contribution in [3.8, 4) is 44.5 Å². The summed E-state index contributed by atoms with van der Waals surface area (Å²) in [7, 11) is 0. The fraction of sp³-hybridized carbons (Fsp3) is 0.0588. The van der Waals surface area contributed by atoms with Gasteiger partial charge in [0.25, 0.3) is 0 Å². The first-order valence-corrected chi connectivity index (χ1v) is 19.2. The van der Waals surface area contributed by atoms with E-state index >= 15 is 0 Å². The molecular formula is C51H37NS. The second-order valence-electron chi connectivity index (χ2n) is 14.6. The van der Waals surface area contributed by atoms with Gasteiger partial charge >= 0.3 is 0 Å². The van der Waals surface area contributed by atoms with Crippen molar-refractivity contribution < 1.29 is 0 Å². The molecule has 0 atom stereocenters. The smallest absolute Gasteiger partial charge is 0.0646 e. The Morgan fingerprint density at radius 1 is 0.396 bits per heavy atom. The quantitative estimate of drug-likeness (QED) is 0.167. The van der Waals surface area contributed by atoms with Crippen LogP contribution in [0, 0.1) is 0 Å². The summed E-state index contributed by atoms with van der Waals surface area (Å²) in [5.41, 5.74) is 16.1. The van der Waals surface area contributed by atoms with Gasteiger partial charge in [-0.15, -0.1) is 11.3 Å². The predicted molar refractivity (Wildman–Crippen MR) is 228 cm³/mol. The van der Waals surface area contributed by atoms with E-state index in [1.54, 1.807) is 0 Å². The lowest BCUT2D eigenvalue weighted by molar-refractivity contribution is 0.660. The van der Waals surface area contributed by atoms with E-state index in [2.05, 4.69) is 207 Å². The fourth-order valence-electron chi connectivity index (χ4n) is 8.32. The molecule has 2 heteroatoms. The molecule has 9 aromatic rings. The first-order valence-electron chi connectivity index (χ1n) is 18.3. The van der Waals surface area contributed by atoms with Gasteiger partial charge in [0, 0.05) is 32.3 Å². The predicted octanol–water partition coefficient (Wildman–Crippen LogP) is 14.8. The summed E-state index contributed by atoms with van der Waals surface area (Å²) in [5, 5.41) is 2.59. The van der Waals surface area contributed by atoms with Crippen LogP contribution in [0.4, 0.5) is 17.1 Å². The van der Waals surface area contributed by atoms with Gasteiger partial charge in [0.05, 0.1) is 10.4 Å². The monoisotopic (exact) mass is 695 g/mol. The van der Waals surface area contributed by atoms with Crippen LogP contribution in [0.5, 0.6) is 0 Å². The van der Waals surface area contributed by atoms with Gasteiger partial charge in [-0.2, -0.15) is 0 Å². The molecule has 0 amide bonds. The standard InChI is InChI=1S/C51H37NS/c1-51(2)46-19-11-9-17-42(46)43-30-29-41(33-47(43)51)52(40-27-25-38(26-28-40)37-23-21-36(22-24-37)34-13-5-3-6-14-34)48-32-39(35-15-7-4-8-16-35)31-45-44-18-10-12-20-49(44)53-50(45)48/h3-33H,1-2H3. The number of hydrogen-bond donors (Lipinski definition) is 0. The SMILES string of the molecule is CC1(C)c2ccccc2-c2ccc(N(c3ccc(-c4ccc(-c5ccccc5)cc4)cc3)c3cc(-c4ccccc4)cc4c3sc3ccccc34)cc21. The molecule has 0 N–H and O–H groups in total. The molecule has 53 heavy (non-hydrogen) atoms. The molecule has 1 nitrogen and oxygen atoms in total. The molecule has 10 rings (SSSR count). The van der Waals surface area contributed by atoms with E-state index in [-0.39, 0.29) is 5.41 Å². The van der Waals surface area contributed by atoms with Crippen molar-refractivity contribution >= 4 is 48.6 Å². The summed E-state index contributed by atoms with van der Waals surface area (Å²) in [6.07, 6.45) is 0. The molecule has 8 aromatic carbocycles. The molecule has 0 saturated carbocycles.